The summed E-state index contributed by atoms with van der Waals surface area (Å²) >= 11 is 0. The standard InChI is InChI=1S/C22H18N4O4/c1-15-2-4-16(5-3-15)14-23-25-22(28)18-6-10-19(11-7-18)24-21(27)17-8-12-20(13-9-17)26(29)30/h2-14H,1H3,(H,24,27)(H,25,28)/b23-14-. The molecule has 2 N–H and O–H groups in total. The van der Waals surface area contributed by atoms with E-state index in [0.717, 1.165) is 11.1 Å². The number of rotatable bonds is 6. The molecular formula is C22H18N4O4. The molecule has 0 aliphatic carbocycles. The Morgan fingerprint density at radius 1 is 0.867 bits per heavy atom. The lowest BCUT2D eigenvalue weighted by molar-refractivity contribution is -0.384. The van der Waals surface area contributed by atoms with Crippen molar-refractivity contribution in [2.75, 3.05) is 5.32 Å². The lowest BCUT2D eigenvalue weighted by Gasteiger charge is -2.06. The number of aryl methyl sites for hydroxylation is 1. The van der Waals surface area contributed by atoms with Gasteiger partial charge in [0.15, 0.2) is 0 Å². The first-order valence-electron chi connectivity index (χ1n) is 8.98. The van der Waals surface area contributed by atoms with Crippen LogP contribution >= 0.6 is 0 Å². The maximum Gasteiger partial charge on any atom is 0.271 e. The summed E-state index contributed by atoms with van der Waals surface area (Å²) in [6.07, 6.45) is 1.55. The minimum atomic E-state index is -0.531. The van der Waals surface area contributed by atoms with E-state index >= 15 is 0 Å². The summed E-state index contributed by atoms with van der Waals surface area (Å²) in [6, 6.07) is 19.3. The Morgan fingerprint density at radius 2 is 1.43 bits per heavy atom. The van der Waals surface area contributed by atoms with Gasteiger partial charge in [-0.25, -0.2) is 5.43 Å². The Kier molecular flexibility index (Phi) is 6.29. The highest BCUT2D eigenvalue weighted by atomic mass is 16.6. The molecule has 3 aromatic rings. The zero-order valence-corrected chi connectivity index (χ0v) is 16.0. The molecule has 0 atom stereocenters. The molecule has 0 saturated carbocycles. The number of hydrogen-bond donors (Lipinski definition) is 2. The van der Waals surface area contributed by atoms with Crippen molar-refractivity contribution in [1.82, 2.24) is 5.43 Å². The number of nitrogens with one attached hydrogen (secondary N) is 2. The van der Waals surface area contributed by atoms with E-state index in [1.54, 1.807) is 30.5 Å². The van der Waals surface area contributed by atoms with Crippen LogP contribution < -0.4 is 10.7 Å². The quantitative estimate of drug-likeness (QED) is 0.369. The molecule has 150 valence electrons. The van der Waals surface area contributed by atoms with Crippen LogP contribution in [0.15, 0.2) is 77.9 Å². The van der Waals surface area contributed by atoms with Crippen LogP contribution in [0.5, 0.6) is 0 Å². The number of hydrogen-bond acceptors (Lipinski definition) is 5. The second-order valence-corrected chi connectivity index (χ2v) is 6.45. The first kappa shape index (κ1) is 20.4. The summed E-state index contributed by atoms with van der Waals surface area (Å²) in [7, 11) is 0. The predicted octanol–water partition coefficient (Wildman–Crippen LogP) is 3.92. The van der Waals surface area contributed by atoms with Gasteiger partial charge in [0.05, 0.1) is 11.1 Å². The highest BCUT2D eigenvalue weighted by Gasteiger charge is 2.10. The van der Waals surface area contributed by atoms with Crippen LogP contribution in [0.3, 0.4) is 0 Å². The molecule has 0 aliphatic heterocycles. The van der Waals surface area contributed by atoms with Gasteiger partial charge < -0.3 is 5.32 Å². The van der Waals surface area contributed by atoms with Gasteiger partial charge in [-0.1, -0.05) is 29.8 Å². The van der Waals surface area contributed by atoms with E-state index in [1.807, 2.05) is 31.2 Å². The number of anilines is 1. The number of carbonyl (C=O) groups excluding carboxylic acids is 2. The largest absolute Gasteiger partial charge is 0.322 e. The predicted molar refractivity (Wildman–Crippen MR) is 114 cm³/mol. The minimum absolute atomic E-state index is 0.0908. The molecule has 8 nitrogen and oxygen atoms in total. The van der Waals surface area contributed by atoms with Crippen molar-refractivity contribution in [3.63, 3.8) is 0 Å². The Morgan fingerprint density at radius 3 is 2.03 bits per heavy atom. The molecule has 0 spiro atoms. The Balaban J connectivity index is 1.57. The van der Waals surface area contributed by atoms with E-state index in [4.69, 9.17) is 0 Å². The number of non-ortho nitro benzene ring substituents is 1. The highest BCUT2D eigenvalue weighted by Crippen LogP contribution is 2.15. The third-order valence-electron chi connectivity index (χ3n) is 4.20. The third kappa shape index (κ3) is 5.35. The smallest absolute Gasteiger partial charge is 0.271 e. The lowest BCUT2D eigenvalue weighted by atomic mass is 10.1. The molecule has 0 aliphatic rings. The number of nitro groups is 1. The van der Waals surface area contributed by atoms with Gasteiger partial charge in [-0.05, 0) is 48.9 Å². The van der Waals surface area contributed by atoms with Gasteiger partial charge in [-0.2, -0.15) is 5.10 Å². The van der Waals surface area contributed by atoms with E-state index in [2.05, 4.69) is 15.8 Å². The molecule has 0 bridgehead atoms. The molecule has 2 amide bonds. The Labute approximate surface area is 172 Å². The van der Waals surface area contributed by atoms with Gasteiger partial charge in [0.1, 0.15) is 0 Å². The molecule has 0 fully saturated rings. The molecule has 8 heteroatoms. The second kappa shape index (κ2) is 9.24. The van der Waals surface area contributed by atoms with Gasteiger partial charge in [0, 0.05) is 28.9 Å². The fourth-order valence-corrected chi connectivity index (χ4v) is 2.53. The normalized spacial score (nSPS) is 10.6. The molecule has 3 aromatic carbocycles. The summed E-state index contributed by atoms with van der Waals surface area (Å²) in [5.41, 5.74) is 5.51. The van der Waals surface area contributed by atoms with Gasteiger partial charge in [-0.15, -0.1) is 0 Å². The molecule has 0 aromatic heterocycles. The van der Waals surface area contributed by atoms with Gasteiger partial charge in [0.2, 0.25) is 0 Å². The highest BCUT2D eigenvalue weighted by molar-refractivity contribution is 6.04. The summed E-state index contributed by atoms with van der Waals surface area (Å²) in [6.45, 7) is 1.99. The van der Waals surface area contributed by atoms with Crippen molar-refractivity contribution in [3.05, 3.63) is 105 Å². The first-order chi connectivity index (χ1) is 14.4. The van der Waals surface area contributed by atoms with Crippen molar-refractivity contribution in [1.29, 1.82) is 0 Å². The Bertz CT molecular complexity index is 1090. The van der Waals surface area contributed by atoms with Crippen molar-refractivity contribution in [3.8, 4) is 0 Å². The topological polar surface area (TPSA) is 114 Å². The molecule has 0 heterocycles. The first-order valence-corrected chi connectivity index (χ1v) is 8.98. The summed E-state index contributed by atoms with van der Waals surface area (Å²) in [4.78, 5) is 34.5. The molecule has 3 rings (SSSR count). The van der Waals surface area contributed by atoms with Crippen LogP contribution in [-0.2, 0) is 0 Å². The minimum Gasteiger partial charge on any atom is -0.322 e. The van der Waals surface area contributed by atoms with Crippen LogP contribution in [0.1, 0.15) is 31.8 Å². The zero-order valence-electron chi connectivity index (χ0n) is 16.0. The average molecular weight is 402 g/mol. The van der Waals surface area contributed by atoms with Crippen molar-refractivity contribution >= 4 is 29.4 Å². The van der Waals surface area contributed by atoms with Crippen LogP contribution in [-0.4, -0.2) is 23.0 Å². The van der Waals surface area contributed by atoms with E-state index in [9.17, 15) is 19.7 Å². The fourth-order valence-electron chi connectivity index (χ4n) is 2.53. The lowest BCUT2D eigenvalue weighted by Crippen LogP contribution is -2.17. The summed E-state index contributed by atoms with van der Waals surface area (Å²) < 4.78 is 0. The van der Waals surface area contributed by atoms with Crippen LogP contribution in [0.2, 0.25) is 0 Å². The van der Waals surface area contributed by atoms with Gasteiger partial charge >= 0.3 is 0 Å². The molecule has 0 unspecified atom stereocenters. The fraction of sp³-hybridized carbons (Fsp3) is 0.0455. The van der Waals surface area contributed by atoms with Crippen LogP contribution in [0.25, 0.3) is 0 Å². The van der Waals surface area contributed by atoms with E-state index in [0.29, 0.717) is 11.3 Å². The van der Waals surface area contributed by atoms with E-state index < -0.39 is 10.8 Å². The van der Waals surface area contributed by atoms with Crippen molar-refractivity contribution in [2.24, 2.45) is 5.10 Å². The van der Waals surface area contributed by atoms with Gasteiger partial charge in [-0.3, -0.25) is 19.7 Å². The number of benzene rings is 3. The van der Waals surface area contributed by atoms with Gasteiger partial charge in [0.25, 0.3) is 17.5 Å². The number of carbonyl (C=O) groups is 2. The second-order valence-electron chi connectivity index (χ2n) is 6.45. The summed E-state index contributed by atoms with van der Waals surface area (Å²) in [5, 5.41) is 17.3. The zero-order chi connectivity index (χ0) is 21.5. The van der Waals surface area contributed by atoms with E-state index in [-0.39, 0.29) is 17.2 Å². The summed E-state index contributed by atoms with van der Waals surface area (Å²) in [5.74, 6) is -0.795. The van der Waals surface area contributed by atoms with Crippen molar-refractivity contribution in [2.45, 2.75) is 6.92 Å². The molecule has 0 saturated heterocycles. The number of nitrogens with zero attached hydrogens (tertiary/aromatic N) is 2. The Hall–Kier alpha value is -4.33. The maximum atomic E-state index is 12.2. The molecule has 0 radical (unpaired) electrons. The molecule has 30 heavy (non-hydrogen) atoms. The number of hydrazone groups is 1. The number of amides is 2. The number of nitro benzene ring substituents is 1. The van der Waals surface area contributed by atoms with Crippen LogP contribution in [0.4, 0.5) is 11.4 Å². The average Bonchev–Trinajstić information content (AvgIpc) is 2.75. The third-order valence-corrected chi connectivity index (χ3v) is 4.20. The molecular weight excluding hydrogens is 384 g/mol. The SMILES string of the molecule is Cc1ccc(/C=N\NC(=O)c2ccc(NC(=O)c3ccc([N+](=O)[O-])cc3)cc2)cc1. The monoisotopic (exact) mass is 402 g/mol. The van der Waals surface area contributed by atoms with E-state index in [1.165, 1.54) is 24.3 Å². The maximum absolute atomic E-state index is 12.2. The van der Waals surface area contributed by atoms with Crippen LogP contribution in [0, 0.1) is 17.0 Å². The van der Waals surface area contributed by atoms with Crippen molar-refractivity contribution < 1.29 is 14.5 Å².